The number of fused-ring (bicyclic) bond motifs is 5. The Labute approximate surface area is 570 Å². The van der Waals surface area contributed by atoms with Crippen LogP contribution in [0.4, 0.5) is 0 Å². The van der Waals surface area contributed by atoms with E-state index < -0.39 is 0 Å². The van der Waals surface area contributed by atoms with Crippen molar-refractivity contribution in [2.75, 3.05) is 0 Å². The van der Waals surface area contributed by atoms with E-state index in [1.54, 1.807) is 0 Å². The van der Waals surface area contributed by atoms with Crippen molar-refractivity contribution in [2.45, 2.75) is 362 Å². The van der Waals surface area contributed by atoms with Crippen LogP contribution in [-0.2, 0) is 9.59 Å². The molecule has 5 fully saturated rings. The van der Waals surface area contributed by atoms with Crippen LogP contribution < -0.4 is 0 Å². The van der Waals surface area contributed by atoms with Crippen LogP contribution >= 0.6 is 45.3 Å². The number of carbonyl (C=O) groups excluding carboxylic acids is 2. The molecular formula is C84H134O2S4. The van der Waals surface area contributed by atoms with E-state index in [1.807, 2.05) is 45.3 Å². The minimum atomic E-state index is 0.0633. The Hall–Kier alpha value is -1.60. The van der Waals surface area contributed by atoms with Crippen LogP contribution in [0.3, 0.4) is 0 Å². The minimum absolute atomic E-state index is 0.0633. The SMILES string of the molecule is CCCCCCCCCCCCC(CCCCCCCCCC)CC1C2CC3CC(c4ccc(-c5cc6sc(C)cc6s5)s4)C(=O)C3CC2C(CC(CCCCCCCCCC)CCCCCCCCCCCC)C2CC3CC(c4ccc(C)s4)C(=O)C3CC12. The van der Waals surface area contributed by atoms with Gasteiger partial charge in [0.1, 0.15) is 11.6 Å². The highest BCUT2D eigenvalue weighted by atomic mass is 32.1. The molecule has 0 N–H and O–H groups in total. The third kappa shape index (κ3) is 21.2. The Kier molecular flexibility index (Phi) is 32.0. The van der Waals surface area contributed by atoms with Crippen molar-refractivity contribution < 1.29 is 9.59 Å². The Morgan fingerprint density at radius 1 is 0.344 bits per heavy atom. The number of hydrogen-bond acceptors (Lipinski definition) is 6. The molecule has 0 radical (unpaired) electrons. The molecule has 9 rings (SSSR count). The first kappa shape index (κ1) is 72.7. The summed E-state index contributed by atoms with van der Waals surface area (Å²) in [5.41, 5.74) is 0. The fraction of sp³-hybridized carbons (Fsp3) is 0.810. The Balaban J connectivity index is 1.00. The monoisotopic (exact) mass is 1300 g/mol. The lowest BCUT2D eigenvalue weighted by atomic mass is 9.45. The molecule has 506 valence electrons. The quantitative estimate of drug-likeness (QED) is 0.0413. The van der Waals surface area contributed by atoms with Gasteiger partial charge in [-0.25, -0.2) is 0 Å². The molecule has 0 bridgehead atoms. The van der Waals surface area contributed by atoms with Crippen LogP contribution in [0.25, 0.3) is 19.2 Å². The Morgan fingerprint density at radius 2 is 0.689 bits per heavy atom. The van der Waals surface area contributed by atoms with Gasteiger partial charge in [-0.3, -0.25) is 9.59 Å². The summed E-state index contributed by atoms with van der Waals surface area (Å²) < 4.78 is 2.82. The van der Waals surface area contributed by atoms with Crippen LogP contribution in [-0.4, -0.2) is 11.6 Å². The van der Waals surface area contributed by atoms with Crippen LogP contribution in [0, 0.1) is 84.9 Å². The second-order valence-electron chi connectivity index (χ2n) is 31.6. The highest BCUT2D eigenvalue weighted by molar-refractivity contribution is 7.31. The summed E-state index contributed by atoms with van der Waals surface area (Å²) >= 11 is 7.74. The van der Waals surface area contributed by atoms with Crippen molar-refractivity contribution in [3.8, 4) is 9.75 Å². The lowest BCUT2D eigenvalue weighted by molar-refractivity contribution is -0.138. The maximum Gasteiger partial charge on any atom is 0.144 e. The molecule has 4 aromatic rings. The van der Waals surface area contributed by atoms with E-state index in [0.29, 0.717) is 58.9 Å². The molecule has 0 aliphatic heterocycles. The second kappa shape index (κ2) is 39.6. The summed E-state index contributed by atoms with van der Waals surface area (Å²) in [4.78, 5) is 39.1. The number of carbonyl (C=O) groups is 2. The first-order chi connectivity index (χ1) is 44.2. The molecule has 5 aliphatic carbocycles. The molecule has 0 aromatic carbocycles. The lowest BCUT2D eigenvalue weighted by Crippen LogP contribution is -2.54. The van der Waals surface area contributed by atoms with E-state index in [4.69, 9.17) is 0 Å². The van der Waals surface area contributed by atoms with Crippen LogP contribution in [0.1, 0.15) is 367 Å². The normalized spacial score (nSPS) is 26.3. The topological polar surface area (TPSA) is 34.1 Å². The maximum atomic E-state index is 15.6. The van der Waals surface area contributed by atoms with Gasteiger partial charge in [0.25, 0.3) is 0 Å². The highest BCUT2D eigenvalue weighted by Crippen LogP contribution is 2.66. The molecule has 5 saturated carbocycles. The summed E-state index contributed by atoms with van der Waals surface area (Å²) in [5.74, 6) is 8.64. The summed E-state index contributed by atoms with van der Waals surface area (Å²) in [6, 6.07) is 14.2. The van der Waals surface area contributed by atoms with Crippen LogP contribution in [0.2, 0.25) is 0 Å². The molecule has 14 unspecified atom stereocenters. The number of aryl methyl sites for hydroxylation is 2. The number of ketones is 2. The van der Waals surface area contributed by atoms with Crippen LogP contribution in [0.15, 0.2) is 36.4 Å². The van der Waals surface area contributed by atoms with Gasteiger partial charge in [0.2, 0.25) is 0 Å². The molecule has 5 aliphatic rings. The average molecular weight is 1300 g/mol. The summed E-state index contributed by atoms with van der Waals surface area (Å²) in [6.07, 6.45) is 66.3. The molecule has 90 heavy (non-hydrogen) atoms. The molecule has 0 saturated heterocycles. The first-order valence-corrected chi connectivity index (χ1v) is 43.2. The molecule has 4 aromatic heterocycles. The van der Waals surface area contributed by atoms with Crippen molar-refractivity contribution in [1.29, 1.82) is 0 Å². The maximum absolute atomic E-state index is 15.6. The molecular weight excluding hydrogens is 1170 g/mol. The molecule has 0 spiro atoms. The van der Waals surface area contributed by atoms with E-state index in [9.17, 15) is 0 Å². The smallest absolute Gasteiger partial charge is 0.144 e. The van der Waals surface area contributed by atoms with Crippen molar-refractivity contribution in [3.05, 3.63) is 55.9 Å². The number of thiophene rings is 4. The molecule has 0 amide bonds. The summed E-state index contributed by atoms with van der Waals surface area (Å²) in [7, 11) is 0. The molecule has 2 nitrogen and oxygen atoms in total. The van der Waals surface area contributed by atoms with Gasteiger partial charge in [-0.05, 0) is 161 Å². The van der Waals surface area contributed by atoms with Gasteiger partial charge < -0.3 is 0 Å². The van der Waals surface area contributed by atoms with Gasteiger partial charge in [0.15, 0.2) is 0 Å². The van der Waals surface area contributed by atoms with E-state index in [0.717, 1.165) is 24.7 Å². The van der Waals surface area contributed by atoms with Gasteiger partial charge in [0, 0.05) is 50.5 Å². The Morgan fingerprint density at radius 3 is 1.06 bits per heavy atom. The van der Waals surface area contributed by atoms with Gasteiger partial charge >= 0.3 is 0 Å². The van der Waals surface area contributed by atoms with E-state index in [1.165, 1.54) is 334 Å². The minimum Gasteiger partial charge on any atom is -0.299 e. The number of Topliss-reactive ketones (excluding diaryl/α,β-unsaturated/α-hetero) is 2. The number of unbranched alkanes of at least 4 members (excludes halogenated alkanes) is 32. The summed E-state index contributed by atoms with van der Waals surface area (Å²) in [6.45, 7) is 13.9. The van der Waals surface area contributed by atoms with Gasteiger partial charge in [-0.2, -0.15) is 0 Å². The average Bonchev–Trinajstić information content (AvgIpc) is 1.40. The largest absolute Gasteiger partial charge is 0.299 e. The Bertz CT molecular complexity index is 2530. The molecule has 14 atom stereocenters. The molecule has 6 heteroatoms. The van der Waals surface area contributed by atoms with Crippen molar-refractivity contribution >= 4 is 66.3 Å². The van der Waals surface area contributed by atoms with Crippen molar-refractivity contribution in [1.82, 2.24) is 0 Å². The van der Waals surface area contributed by atoms with Gasteiger partial charge in [-0.15, -0.1) is 45.3 Å². The predicted molar refractivity (Wildman–Crippen MR) is 398 cm³/mol. The number of rotatable bonds is 47. The predicted octanol–water partition coefficient (Wildman–Crippen LogP) is 28.6. The van der Waals surface area contributed by atoms with Crippen LogP contribution in [0.5, 0.6) is 0 Å². The highest BCUT2D eigenvalue weighted by Gasteiger charge is 2.61. The van der Waals surface area contributed by atoms with Gasteiger partial charge in [0.05, 0.1) is 11.8 Å². The molecule has 4 heterocycles. The fourth-order valence-electron chi connectivity index (χ4n) is 20.0. The van der Waals surface area contributed by atoms with E-state index in [2.05, 4.69) is 77.9 Å². The lowest BCUT2D eigenvalue weighted by Gasteiger charge is -2.59. The zero-order chi connectivity index (χ0) is 62.9. The van der Waals surface area contributed by atoms with E-state index >= 15 is 9.59 Å². The fourth-order valence-corrected chi connectivity index (χ4v) is 24.5. The van der Waals surface area contributed by atoms with Gasteiger partial charge in [-0.1, -0.05) is 285 Å². The third-order valence-corrected chi connectivity index (χ3v) is 29.6. The third-order valence-electron chi connectivity index (χ3n) is 24.9. The zero-order valence-corrected chi connectivity index (χ0v) is 62.2. The zero-order valence-electron chi connectivity index (χ0n) is 58.9. The number of hydrogen-bond donors (Lipinski definition) is 0. The van der Waals surface area contributed by atoms with Crippen molar-refractivity contribution in [3.63, 3.8) is 0 Å². The standard InChI is InChI=1S/C84H134O2S4/c1-7-11-15-19-23-27-29-33-37-41-45-63(43-39-35-31-25-21-17-13-9-3)52-69-71-54-65-56-75(77-48-47-61(5)87-77)83(85)67(65)58-73(71)70(53-64(44-40-36-32-26-22-18-14-10-4)46-42-38-34-30-28-24-20-16-12-8-2)72-55-66-57-76(84(86)68(66)59-74(69)72)78-49-50-79(89-78)81-60-82-80(90-81)51-62(6)88-82/h47-51,60,63-76H,7-46,52-59H2,1-6H3. The van der Waals surface area contributed by atoms with Crippen molar-refractivity contribution in [2.24, 2.45) is 71.0 Å². The van der Waals surface area contributed by atoms with E-state index in [-0.39, 0.29) is 23.7 Å². The second-order valence-corrected chi connectivity index (χ2v) is 36.4. The first-order valence-electron chi connectivity index (χ1n) is 39.9. The summed E-state index contributed by atoms with van der Waals surface area (Å²) in [5, 5.41) is 0.